The van der Waals surface area contributed by atoms with Crippen LogP contribution in [0.1, 0.15) is 11.1 Å². The number of methoxy groups -OCH3 is 1. The van der Waals surface area contributed by atoms with Crippen molar-refractivity contribution in [1.82, 2.24) is 0 Å². The second-order valence-corrected chi connectivity index (χ2v) is 4.86. The molecule has 1 rings (SSSR count). The molecule has 3 heteroatoms. The Labute approximate surface area is 96.2 Å². The molecule has 0 aliphatic carbocycles. The lowest BCUT2D eigenvalue weighted by molar-refractivity contribution is 0.186. The van der Waals surface area contributed by atoms with Gasteiger partial charge in [0.1, 0.15) is 0 Å². The molecule has 0 heterocycles. The van der Waals surface area contributed by atoms with Gasteiger partial charge in [-0.3, -0.25) is 0 Å². The zero-order valence-corrected chi connectivity index (χ0v) is 10.4. The van der Waals surface area contributed by atoms with Crippen molar-refractivity contribution in [2.45, 2.75) is 24.8 Å². The molecule has 0 aliphatic rings. The Hall–Kier alpha value is -0.510. The molecule has 2 nitrogen and oxygen atoms in total. The molecule has 1 atom stereocenters. The lowest BCUT2D eigenvalue weighted by Crippen LogP contribution is -2.28. The Morgan fingerprint density at radius 1 is 1.40 bits per heavy atom. The van der Waals surface area contributed by atoms with Crippen LogP contribution in [0.15, 0.2) is 23.1 Å². The van der Waals surface area contributed by atoms with E-state index in [-0.39, 0.29) is 6.04 Å². The van der Waals surface area contributed by atoms with Crippen molar-refractivity contribution in [1.29, 1.82) is 0 Å². The van der Waals surface area contributed by atoms with E-state index in [9.17, 15) is 0 Å². The molecule has 0 aromatic heterocycles. The molecule has 0 fully saturated rings. The van der Waals surface area contributed by atoms with Gasteiger partial charge in [0.25, 0.3) is 0 Å². The number of nitrogens with two attached hydrogens (primary N) is 1. The molecule has 1 unspecified atom stereocenters. The number of rotatable bonds is 5. The molecule has 0 bridgehead atoms. The highest BCUT2D eigenvalue weighted by molar-refractivity contribution is 7.99. The second kappa shape index (κ2) is 6.16. The van der Waals surface area contributed by atoms with Gasteiger partial charge in [-0.15, -0.1) is 11.8 Å². The summed E-state index contributed by atoms with van der Waals surface area (Å²) < 4.78 is 5.00. The quantitative estimate of drug-likeness (QED) is 0.781. The topological polar surface area (TPSA) is 35.2 Å². The van der Waals surface area contributed by atoms with E-state index >= 15 is 0 Å². The number of thioether (sulfide) groups is 1. The fourth-order valence-corrected chi connectivity index (χ4v) is 2.36. The Balaban J connectivity index is 2.50. The predicted molar refractivity (Wildman–Crippen MR) is 66.5 cm³/mol. The Bertz CT molecular complexity index is 314. The van der Waals surface area contributed by atoms with Crippen LogP contribution in [0.25, 0.3) is 0 Å². The fourth-order valence-electron chi connectivity index (χ4n) is 1.42. The van der Waals surface area contributed by atoms with Crippen molar-refractivity contribution in [2.75, 3.05) is 19.5 Å². The van der Waals surface area contributed by atoms with Gasteiger partial charge in [0.2, 0.25) is 0 Å². The maximum Gasteiger partial charge on any atom is 0.0621 e. The van der Waals surface area contributed by atoms with Gasteiger partial charge in [-0.1, -0.05) is 17.7 Å². The highest BCUT2D eigenvalue weighted by Gasteiger charge is 2.04. The molecule has 2 N–H and O–H groups in total. The summed E-state index contributed by atoms with van der Waals surface area (Å²) in [4.78, 5) is 1.31. The van der Waals surface area contributed by atoms with E-state index in [0.717, 1.165) is 5.75 Å². The van der Waals surface area contributed by atoms with Crippen LogP contribution < -0.4 is 5.73 Å². The lowest BCUT2D eigenvalue weighted by Gasteiger charge is -2.11. The second-order valence-electron chi connectivity index (χ2n) is 3.80. The van der Waals surface area contributed by atoms with Crippen LogP contribution in [0.5, 0.6) is 0 Å². The van der Waals surface area contributed by atoms with Gasteiger partial charge in [0.15, 0.2) is 0 Å². The van der Waals surface area contributed by atoms with Crippen molar-refractivity contribution >= 4 is 11.8 Å². The minimum atomic E-state index is 0.112. The molecule has 0 amide bonds. The summed E-state index contributed by atoms with van der Waals surface area (Å²) in [6, 6.07) is 6.61. The summed E-state index contributed by atoms with van der Waals surface area (Å²) in [6.45, 7) is 4.87. The Kier molecular flexibility index (Phi) is 5.15. The molecular formula is C12H19NOS. The first-order valence-electron chi connectivity index (χ1n) is 5.08. The minimum Gasteiger partial charge on any atom is -0.383 e. The van der Waals surface area contributed by atoms with E-state index < -0.39 is 0 Å². The zero-order chi connectivity index (χ0) is 11.3. The van der Waals surface area contributed by atoms with Crippen LogP contribution in [0.2, 0.25) is 0 Å². The summed E-state index contributed by atoms with van der Waals surface area (Å²) in [5.74, 6) is 0.901. The van der Waals surface area contributed by atoms with Crippen LogP contribution in [0.3, 0.4) is 0 Å². The highest BCUT2D eigenvalue weighted by Crippen LogP contribution is 2.23. The van der Waals surface area contributed by atoms with Crippen LogP contribution in [-0.4, -0.2) is 25.5 Å². The van der Waals surface area contributed by atoms with E-state index in [1.165, 1.54) is 16.0 Å². The van der Waals surface area contributed by atoms with Crippen molar-refractivity contribution in [2.24, 2.45) is 5.73 Å². The first-order valence-corrected chi connectivity index (χ1v) is 6.06. The Morgan fingerprint density at radius 3 is 2.73 bits per heavy atom. The number of hydrogen-bond acceptors (Lipinski definition) is 3. The molecular weight excluding hydrogens is 206 g/mol. The summed E-state index contributed by atoms with van der Waals surface area (Å²) >= 11 is 1.80. The largest absolute Gasteiger partial charge is 0.383 e. The van der Waals surface area contributed by atoms with Gasteiger partial charge >= 0.3 is 0 Å². The third-order valence-corrected chi connectivity index (χ3v) is 3.53. The predicted octanol–water partition coefficient (Wildman–Crippen LogP) is 2.37. The van der Waals surface area contributed by atoms with Crippen LogP contribution in [0.4, 0.5) is 0 Å². The number of ether oxygens (including phenoxy) is 1. The molecule has 0 saturated carbocycles. The molecule has 0 spiro atoms. The first-order chi connectivity index (χ1) is 7.13. The third kappa shape index (κ3) is 4.24. The van der Waals surface area contributed by atoms with E-state index in [4.69, 9.17) is 10.5 Å². The third-order valence-electron chi connectivity index (χ3n) is 2.16. The van der Waals surface area contributed by atoms with Crippen molar-refractivity contribution in [3.05, 3.63) is 29.3 Å². The maximum atomic E-state index is 5.87. The van der Waals surface area contributed by atoms with Gasteiger partial charge in [-0.25, -0.2) is 0 Å². The number of benzene rings is 1. The minimum absolute atomic E-state index is 0.112. The monoisotopic (exact) mass is 225 g/mol. The molecule has 1 aromatic carbocycles. The van der Waals surface area contributed by atoms with Crippen molar-refractivity contribution < 1.29 is 4.74 Å². The summed E-state index contributed by atoms with van der Waals surface area (Å²) in [5, 5.41) is 0. The summed E-state index contributed by atoms with van der Waals surface area (Å²) in [6.07, 6.45) is 0. The van der Waals surface area contributed by atoms with Gasteiger partial charge in [0.05, 0.1) is 6.61 Å². The SMILES string of the molecule is COCC(N)CSc1ccc(C)cc1C. The number of aryl methyl sites for hydroxylation is 2. The Morgan fingerprint density at radius 2 is 2.13 bits per heavy atom. The molecule has 1 aromatic rings. The van der Waals surface area contributed by atoms with E-state index in [2.05, 4.69) is 32.0 Å². The highest BCUT2D eigenvalue weighted by atomic mass is 32.2. The van der Waals surface area contributed by atoms with Crippen LogP contribution in [-0.2, 0) is 4.74 Å². The van der Waals surface area contributed by atoms with Gasteiger partial charge < -0.3 is 10.5 Å². The van der Waals surface area contributed by atoms with Crippen LogP contribution >= 0.6 is 11.8 Å². The van der Waals surface area contributed by atoms with Gasteiger partial charge in [-0.05, 0) is 25.5 Å². The first kappa shape index (κ1) is 12.6. The summed E-state index contributed by atoms with van der Waals surface area (Å²) in [5.41, 5.74) is 8.49. The smallest absolute Gasteiger partial charge is 0.0621 e. The van der Waals surface area contributed by atoms with Gasteiger partial charge in [0, 0.05) is 23.8 Å². The molecule has 15 heavy (non-hydrogen) atoms. The van der Waals surface area contributed by atoms with Crippen LogP contribution in [0, 0.1) is 13.8 Å². The maximum absolute atomic E-state index is 5.87. The molecule has 0 saturated heterocycles. The van der Waals surface area contributed by atoms with Crippen molar-refractivity contribution in [3.63, 3.8) is 0 Å². The normalized spacial score (nSPS) is 12.8. The summed E-state index contributed by atoms with van der Waals surface area (Å²) in [7, 11) is 1.68. The number of hydrogen-bond donors (Lipinski definition) is 1. The fraction of sp³-hybridized carbons (Fsp3) is 0.500. The molecule has 0 radical (unpaired) electrons. The van der Waals surface area contributed by atoms with E-state index in [1.807, 2.05) is 0 Å². The standard InChI is InChI=1S/C12H19NOS/c1-9-4-5-12(10(2)6-9)15-8-11(13)7-14-3/h4-6,11H,7-8,13H2,1-3H3. The van der Waals surface area contributed by atoms with E-state index in [1.54, 1.807) is 18.9 Å². The van der Waals surface area contributed by atoms with E-state index in [0.29, 0.717) is 6.61 Å². The average molecular weight is 225 g/mol. The molecule has 84 valence electrons. The molecule has 0 aliphatic heterocycles. The average Bonchev–Trinajstić information content (AvgIpc) is 2.17. The van der Waals surface area contributed by atoms with Gasteiger partial charge in [-0.2, -0.15) is 0 Å². The van der Waals surface area contributed by atoms with Crippen molar-refractivity contribution in [3.8, 4) is 0 Å². The lowest BCUT2D eigenvalue weighted by atomic mass is 10.2. The zero-order valence-electron chi connectivity index (χ0n) is 9.62.